The van der Waals surface area contributed by atoms with Crippen molar-refractivity contribution in [2.45, 2.75) is 52.1 Å². The Morgan fingerprint density at radius 3 is 2.36 bits per heavy atom. The topological polar surface area (TPSA) is 84.0 Å². The number of amides is 3. The highest BCUT2D eigenvalue weighted by atomic mass is 16.5. The Kier molecular flexibility index (Phi) is 6.75. The van der Waals surface area contributed by atoms with Crippen LogP contribution in [0.5, 0.6) is 0 Å². The van der Waals surface area contributed by atoms with Crippen molar-refractivity contribution in [3.63, 3.8) is 0 Å². The fourth-order valence-electron chi connectivity index (χ4n) is 2.09. The van der Waals surface area contributed by atoms with E-state index < -0.39 is 0 Å². The highest BCUT2D eigenvalue weighted by molar-refractivity contribution is 6.03. The Hall–Kier alpha value is -2.18. The van der Waals surface area contributed by atoms with Gasteiger partial charge in [-0.2, -0.15) is 5.01 Å². The van der Waals surface area contributed by atoms with Gasteiger partial charge >= 0.3 is 5.97 Å². The van der Waals surface area contributed by atoms with Crippen LogP contribution in [0, 0.1) is 0 Å². The minimum absolute atomic E-state index is 0.0537. The maximum atomic E-state index is 12.2. The molecule has 0 aromatic rings. The number of hydrogen-bond donors (Lipinski definition) is 0. The summed E-state index contributed by atoms with van der Waals surface area (Å²) < 4.78 is 4.98. The zero-order valence-electron chi connectivity index (χ0n) is 13.0. The van der Waals surface area contributed by atoms with Crippen LogP contribution >= 0.6 is 0 Å². The minimum atomic E-state index is -0.389. The summed E-state index contributed by atoms with van der Waals surface area (Å²) in [7, 11) is 0. The molecule has 1 heterocycles. The summed E-state index contributed by atoms with van der Waals surface area (Å²) in [6.45, 7) is 7.10. The van der Waals surface area contributed by atoms with Crippen LogP contribution in [0.3, 0.4) is 0 Å². The largest absolute Gasteiger partial charge is 0.463 e. The van der Waals surface area contributed by atoms with Gasteiger partial charge in [0.1, 0.15) is 0 Å². The summed E-state index contributed by atoms with van der Waals surface area (Å²) in [4.78, 5) is 47.0. The molecular weight excluding hydrogens is 288 g/mol. The van der Waals surface area contributed by atoms with Crippen LogP contribution < -0.4 is 0 Å². The van der Waals surface area contributed by atoms with Crippen molar-refractivity contribution in [1.29, 1.82) is 0 Å². The van der Waals surface area contributed by atoms with Crippen molar-refractivity contribution in [2.75, 3.05) is 6.54 Å². The number of hydrazine groups is 1. The van der Waals surface area contributed by atoms with Gasteiger partial charge in [0.2, 0.25) is 17.7 Å². The summed E-state index contributed by atoms with van der Waals surface area (Å²) >= 11 is 0. The zero-order valence-corrected chi connectivity index (χ0v) is 13.0. The molecule has 1 fully saturated rings. The monoisotopic (exact) mass is 310 g/mol. The molecule has 1 aliphatic rings. The maximum Gasteiger partial charge on any atom is 0.306 e. The standard InChI is InChI=1S/C15H22N2O5/c1-4-10-16(17-13(19)8-9-14(17)20)12(18)6-5-7-15(21)22-11(2)3/h4,11H,1,5-10H2,2-3H3. The zero-order chi connectivity index (χ0) is 16.7. The molecule has 1 saturated heterocycles. The van der Waals surface area contributed by atoms with Gasteiger partial charge in [0.05, 0.1) is 12.6 Å². The average molecular weight is 310 g/mol. The lowest BCUT2D eigenvalue weighted by molar-refractivity contribution is -0.167. The summed E-state index contributed by atoms with van der Waals surface area (Å²) in [5.74, 6) is -1.54. The Morgan fingerprint density at radius 2 is 1.86 bits per heavy atom. The van der Waals surface area contributed by atoms with Crippen LogP contribution in [0.4, 0.5) is 0 Å². The molecule has 0 aliphatic carbocycles. The predicted octanol–water partition coefficient (Wildman–Crippen LogP) is 1.19. The van der Waals surface area contributed by atoms with Gasteiger partial charge in [-0.25, -0.2) is 5.01 Å². The summed E-state index contributed by atoms with van der Waals surface area (Å²) in [5, 5.41) is 1.98. The molecular formula is C15H22N2O5. The number of ether oxygens (including phenoxy) is 1. The van der Waals surface area contributed by atoms with E-state index in [4.69, 9.17) is 4.74 Å². The number of imide groups is 1. The second-order valence-corrected chi connectivity index (χ2v) is 5.26. The van der Waals surface area contributed by atoms with E-state index in [0.29, 0.717) is 6.42 Å². The summed E-state index contributed by atoms with van der Waals surface area (Å²) in [5.41, 5.74) is 0. The number of carbonyl (C=O) groups is 4. The second kappa shape index (κ2) is 8.31. The van der Waals surface area contributed by atoms with Gasteiger partial charge in [-0.3, -0.25) is 19.2 Å². The van der Waals surface area contributed by atoms with E-state index in [0.717, 1.165) is 10.0 Å². The Balaban J connectivity index is 2.55. The normalized spacial score (nSPS) is 14.4. The van der Waals surface area contributed by atoms with Crippen molar-refractivity contribution in [3.05, 3.63) is 12.7 Å². The Labute approximate surface area is 129 Å². The molecule has 0 aromatic carbocycles. The number of carbonyl (C=O) groups excluding carboxylic acids is 4. The lowest BCUT2D eigenvalue weighted by atomic mass is 10.2. The van der Waals surface area contributed by atoms with E-state index >= 15 is 0 Å². The SMILES string of the molecule is C=CCN(C(=O)CCCC(=O)OC(C)C)N1C(=O)CCC1=O. The van der Waals surface area contributed by atoms with Gasteiger partial charge in [0.25, 0.3) is 0 Å². The molecule has 0 unspecified atom stereocenters. The summed E-state index contributed by atoms with van der Waals surface area (Å²) in [6.07, 6.45) is 1.95. The third-order valence-corrected chi connectivity index (χ3v) is 3.00. The van der Waals surface area contributed by atoms with Crippen LogP contribution in [0.2, 0.25) is 0 Å². The average Bonchev–Trinajstić information content (AvgIpc) is 2.75. The van der Waals surface area contributed by atoms with Crippen molar-refractivity contribution in [1.82, 2.24) is 10.0 Å². The molecule has 0 saturated carbocycles. The van der Waals surface area contributed by atoms with E-state index in [1.165, 1.54) is 6.08 Å². The van der Waals surface area contributed by atoms with E-state index in [1.807, 2.05) is 0 Å². The first-order valence-electron chi connectivity index (χ1n) is 7.33. The maximum absolute atomic E-state index is 12.2. The van der Waals surface area contributed by atoms with Gasteiger partial charge in [-0.05, 0) is 20.3 Å². The molecule has 1 rings (SSSR count). The number of rotatable bonds is 8. The third-order valence-electron chi connectivity index (χ3n) is 3.00. The van der Waals surface area contributed by atoms with Crippen LogP contribution in [-0.4, -0.2) is 46.4 Å². The van der Waals surface area contributed by atoms with Crippen molar-refractivity contribution in [3.8, 4) is 0 Å². The van der Waals surface area contributed by atoms with Crippen LogP contribution in [0.25, 0.3) is 0 Å². The third kappa shape index (κ3) is 4.98. The highest BCUT2D eigenvalue weighted by Crippen LogP contribution is 2.16. The first-order valence-corrected chi connectivity index (χ1v) is 7.33. The number of esters is 1. The molecule has 1 aliphatic heterocycles. The van der Waals surface area contributed by atoms with Crippen molar-refractivity contribution in [2.24, 2.45) is 0 Å². The molecule has 0 bridgehead atoms. The van der Waals surface area contributed by atoms with E-state index in [1.54, 1.807) is 13.8 Å². The highest BCUT2D eigenvalue weighted by Gasteiger charge is 2.35. The molecule has 0 aromatic heterocycles. The molecule has 22 heavy (non-hydrogen) atoms. The predicted molar refractivity (Wildman–Crippen MR) is 78.1 cm³/mol. The quantitative estimate of drug-likeness (QED) is 0.382. The van der Waals surface area contributed by atoms with Crippen LogP contribution in [-0.2, 0) is 23.9 Å². The van der Waals surface area contributed by atoms with Crippen molar-refractivity contribution < 1.29 is 23.9 Å². The minimum Gasteiger partial charge on any atom is -0.463 e. The van der Waals surface area contributed by atoms with Gasteiger partial charge in [-0.15, -0.1) is 6.58 Å². The molecule has 0 spiro atoms. The molecule has 7 heteroatoms. The Morgan fingerprint density at radius 1 is 1.27 bits per heavy atom. The number of hydrogen-bond acceptors (Lipinski definition) is 5. The van der Waals surface area contributed by atoms with E-state index in [2.05, 4.69) is 6.58 Å². The summed E-state index contributed by atoms with van der Waals surface area (Å²) in [6, 6.07) is 0. The van der Waals surface area contributed by atoms with Crippen LogP contribution in [0.1, 0.15) is 46.0 Å². The van der Waals surface area contributed by atoms with Gasteiger partial charge in [0.15, 0.2) is 0 Å². The first kappa shape index (κ1) is 17.9. The first-order chi connectivity index (χ1) is 10.4. The fraction of sp³-hybridized carbons (Fsp3) is 0.600. The second-order valence-electron chi connectivity index (χ2n) is 5.26. The molecule has 122 valence electrons. The molecule has 0 atom stereocenters. The van der Waals surface area contributed by atoms with Crippen LogP contribution in [0.15, 0.2) is 12.7 Å². The van der Waals surface area contributed by atoms with E-state index in [-0.39, 0.29) is 62.0 Å². The van der Waals surface area contributed by atoms with Gasteiger partial charge in [0, 0.05) is 25.7 Å². The Bertz CT molecular complexity index is 457. The lowest BCUT2D eigenvalue weighted by Crippen LogP contribution is -2.49. The van der Waals surface area contributed by atoms with Crippen molar-refractivity contribution >= 4 is 23.7 Å². The van der Waals surface area contributed by atoms with E-state index in [9.17, 15) is 19.2 Å². The van der Waals surface area contributed by atoms with Gasteiger partial charge in [-0.1, -0.05) is 6.08 Å². The van der Waals surface area contributed by atoms with Gasteiger partial charge < -0.3 is 4.74 Å². The lowest BCUT2D eigenvalue weighted by Gasteiger charge is -2.29. The molecule has 7 nitrogen and oxygen atoms in total. The molecule has 0 radical (unpaired) electrons. The smallest absolute Gasteiger partial charge is 0.306 e. The molecule has 3 amide bonds. The molecule has 0 N–H and O–H groups in total. The number of nitrogens with zero attached hydrogens (tertiary/aromatic N) is 2. The fourth-order valence-corrected chi connectivity index (χ4v) is 2.09.